The van der Waals surface area contributed by atoms with E-state index < -0.39 is 6.04 Å². The first kappa shape index (κ1) is 29.3. The zero-order valence-electron chi connectivity index (χ0n) is 19.3. The van der Waals surface area contributed by atoms with Gasteiger partial charge in [-0.2, -0.15) is 0 Å². The van der Waals surface area contributed by atoms with Crippen molar-refractivity contribution in [2.75, 3.05) is 24.6 Å². The van der Waals surface area contributed by atoms with Gasteiger partial charge in [-0.3, -0.25) is 14.4 Å². The summed E-state index contributed by atoms with van der Waals surface area (Å²) in [6.07, 6.45) is 7.48. The van der Waals surface area contributed by atoms with Crippen LogP contribution in [0.1, 0.15) is 78.6 Å². The molecular formula is C22H43IN4O3. The lowest BCUT2D eigenvalue weighted by Crippen LogP contribution is -2.49. The number of alkyl halides is 1. The number of carbonyl (C=O) groups excluding carboxylic acids is 3. The van der Waals surface area contributed by atoms with Crippen LogP contribution >= 0.6 is 22.6 Å². The van der Waals surface area contributed by atoms with Crippen LogP contribution in [0.2, 0.25) is 0 Å². The minimum absolute atomic E-state index is 0.000279. The Labute approximate surface area is 196 Å². The largest absolute Gasteiger partial charge is 0.356 e. The van der Waals surface area contributed by atoms with Crippen LogP contribution in [0.4, 0.5) is 0 Å². The molecule has 0 saturated carbocycles. The lowest BCUT2D eigenvalue weighted by atomic mass is 10.0. The average molecular weight is 539 g/mol. The van der Waals surface area contributed by atoms with Gasteiger partial charge in [0.15, 0.2) is 5.78 Å². The monoisotopic (exact) mass is 538 g/mol. The minimum atomic E-state index is -0.422. The molecule has 0 aliphatic carbocycles. The number of hydrogen-bond acceptors (Lipinski definition) is 5. The highest BCUT2D eigenvalue weighted by Crippen LogP contribution is 2.06. The highest BCUT2D eigenvalue weighted by atomic mass is 127. The van der Waals surface area contributed by atoms with Crippen molar-refractivity contribution in [1.82, 2.24) is 21.3 Å². The van der Waals surface area contributed by atoms with Gasteiger partial charge in [0.1, 0.15) is 0 Å². The van der Waals surface area contributed by atoms with Gasteiger partial charge in [0.05, 0.1) is 12.1 Å². The number of Topliss-reactive ketones (excluding diaryl/α,β-unsaturated/α-hetero) is 1. The molecule has 0 saturated heterocycles. The lowest BCUT2D eigenvalue weighted by Gasteiger charge is -2.21. The van der Waals surface area contributed by atoms with Crippen LogP contribution in [-0.2, 0) is 14.4 Å². The summed E-state index contributed by atoms with van der Waals surface area (Å²) in [5.74, 6) is -0.0169. The Morgan fingerprint density at radius 1 is 0.867 bits per heavy atom. The molecule has 2 amide bonds. The Kier molecular flexibility index (Phi) is 18.5. The van der Waals surface area contributed by atoms with E-state index in [1.165, 1.54) is 6.92 Å². The van der Waals surface area contributed by atoms with Crippen molar-refractivity contribution in [3.05, 3.63) is 0 Å². The van der Waals surface area contributed by atoms with E-state index in [4.69, 9.17) is 0 Å². The number of halogens is 1. The SMILES string of the molecule is CNC(CCCCNC(=O)CCCCI)C(=O)NC(CCCCNC(C)C)C(C)=O. The molecule has 0 aromatic carbocycles. The van der Waals surface area contributed by atoms with Crippen molar-refractivity contribution in [1.29, 1.82) is 0 Å². The van der Waals surface area contributed by atoms with Crippen LogP contribution in [0.5, 0.6) is 0 Å². The summed E-state index contributed by atoms with van der Waals surface area (Å²) in [5.41, 5.74) is 0. The smallest absolute Gasteiger partial charge is 0.237 e. The van der Waals surface area contributed by atoms with Gasteiger partial charge < -0.3 is 21.3 Å². The fourth-order valence-corrected chi connectivity index (χ4v) is 3.63. The Bertz CT molecular complexity index is 489. The van der Waals surface area contributed by atoms with Crippen LogP contribution in [0.3, 0.4) is 0 Å². The summed E-state index contributed by atoms with van der Waals surface area (Å²) < 4.78 is 1.08. The van der Waals surface area contributed by atoms with E-state index in [9.17, 15) is 14.4 Å². The molecule has 0 bridgehead atoms. The van der Waals surface area contributed by atoms with Crippen LogP contribution in [0.25, 0.3) is 0 Å². The Hall–Kier alpha value is -0.740. The summed E-state index contributed by atoms with van der Waals surface area (Å²) in [6, 6.07) is -0.290. The molecule has 0 aromatic rings. The van der Waals surface area contributed by atoms with E-state index in [0.29, 0.717) is 31.8 Å². The third-order valence-electron chi connectivity index (χ3n) is 4.97. The summed E-state index contributed by atoms with van der Waals surface area (Å²) >= 11 is 2.32. The first-order chi connectivity index (χ1) is 14.3. The fourth-order valence-electron chi connectivity index (χ4n) is 3.09. The summed E-state index contributed by atoms with van der Waals surface area (Å²) in [6.45, 7) is 7.32. The number of likely N-dealkylation sites (N-methyl/N-ethyl adjacent to an activating group) is 1. The topological polar surface area (TPSA) is 99.3 Å². The molecule has 0 aliphatic rings. The van der Waals surface area contributed by atoms with Crippen molar-refractivity contribution < 1.29 is 14.4 Å². The van der Waals surface area contributed by atoms with Gasteiger partial charge in [0.25, 0.3) is 0 Å². The number of nitrogens with one attached hydrogen (secondary N) is 4. The van der Waals surface area contributed by atoms with Gasteiger partial charge in [0.2, 0.25) is 11.8 Å². The molecule has 30 heavy (non-hydrogen) atoms. The predicted octanol–water partition coefficient (Wildman–Crippen LogP) is 2.71. The number of hydrogen-bond donors (Lipinski definition) is 4. The van der Waals surface area contributed by atoms with E-state index in [-0.39, 0.29) is 23.6 Å². The number of amides is 2. The van der Waals surface area contributed by atoms with Crippen LogP contribution in [0.15, 0.2) is 0 Å². The third kappa shape index (κ3) is 16.0. The molecule has 0 radical (unpaired) electrons. The second kappa shape index (κ2) is 19.0. The normalized spacial score (nSPS) is 13.1. The van der Waals surface area contributed by atoms with Gasteiger partial charge in [-0.25, -0.2) is 0 Å². The van der Waals surface area contributed by atoms with Crippen molar-refractivity contribution in [2.24, 2.45) is 0 Å². The summed E-state index contributed by atoms with van der Waals surface area (Å²) in [4.78, 5) is 36.2. The van der Waals surface area contributed by atoms with Crippen molar-refractivity contribution in [2.45, 2.75) is 96.7 Å². The van der Waals surface area contributed by atoms with Crippen LogP contribution in [-0.4, -0.2) is 60.3 Å². The maximum atomic E-state index is 12.6. The molecule has 8 heteroatoms. The van der Waals surface area contributed by atoms with Crippen molar-refractivity contribution >= 4 is 40.2 Å². The molecule has 7 nitrogen and oxygen atoms in total. The molecule has 0 aromatic heterocycles. The molecule has 0 rings (SSSR count). The van der Waals surface area contributed by atoms with E-state index in [1.54, 1.807) is 7.05 Å². The molecule has 0 fully saturated rings. The van der Waals surface area contributed by atoms with E-state index in [1.807, 2.05) is 0 Å². The molecule has 0 heterocycles. The Morgan fingerprint density at radius 3 is 2.07 bits per heavy atom. The van der Waals surface area contributed by atoms with Crippen LogP contribution < -0.4 is 21.3 Å². The predicted molar refractivity (Wildman–Crippen MR) is 132 cm³/mol. The minimum Gasteiger partial charge on any atom is -0.356 e. The molecule has 0 spiro atoms. The number of unbranched alkanes of at least 4 members (excludes halogenated alkanes) is 3. The van der Waals surface area contributed by atoms with Gasteiger partial charge >= 0.3 is 0 Å². The fraction of sp³-hybridized carbons (Fsp3) is 0.864. The molecular weight excluding hydrogens is 495 g/mol. The van der Waals surface area contributed by atoms with E-state index >= 15 is 0 Å². The molecule has 2 atom stereocenters. The van der Waals surface area contributed by atoms with Gasteiger partial charge in [-0.05, 0) is 76.3 Å². The first-order valence-corrected chi connectivity index (χ1v) is 12.9. The third-order valence-corrected chi connectivity index (χ3v) is 5.74. The van der Waals surface area contributed by atoms with Gasteiger partial charge in [-0.1, -0.05) is 36.4 Å². The second-order valence-corrected chi connectivity index (χ2v) is 9.19. The summed E-state index contributed by atoms with van der Waals surface area (Å²) in [7, 11) is 1.76. The van der Waals surface area contributed by atoms with E-state index in [2.05, 4.69) is 57.7 Å². The number of rotatable bonds is 19. The highest BCUT2D eigenvalue weighted by molar-refractivity contribution is 14.1. The number of ketones is 1. The van der Waals surface area contributed by atoms with Crippen molar-refractivity contribution in [3.8, 4) is 0 Å². The zero-order chi connectivity index (χ0) is 22.8. The maximum Gasteiger partial charge on any atom is 0.237 e. The van der Waals surface area contributed by atoms with Gasteiger partial charge in [0, 0.05) is 19.0 Å². The van der Waals surface area contributed by atoms with Crippen molar-refractivity contribution in [3.63, 3.8) is 0 Å². The maximum absolute atomic E-state index is 12.6. The Balaban J connectivity index is 4.14. The molecule has 4 N–H and O–H groups in total. The highest BCUT2D eigenvalue weighted by Gasteiger charge is 2.22. The average Bonchev–Trinajstić information content (AvgIpc) is 2.69. The van der Waals surface area contributed by atoms with E-state index in [0.717, 1.165) is 49.5 Å². The second-order valence-electron chi connectivity index (χ2n) is 8.11. The molecule has 0 aliphatic heterocycles. The summed E-state index contributed by atoms with van der Waals surface area (Å²) in [5, 5.41) is 12.3. The lowest BCUT2D eigenvalue weighted by molar-refractivity contribution is -0.128. The Morgan fingerprint density at radius 2 is 1.50 bits per heavy atom. The standard InChI is InChI=1S/C22H43IN4O3/c1-17(2)25-15-9-6-11-19(18(3)28)27-22(30)20(24-4)12-7-10-16-26-21(29)13-5-8-14-23/h17,19-20,24-25H,5-16H2,1-4H3,(H,26,29)(H,27,30). The molecule has 2 unspecified atom stereocenters. The zero-order valence-corrected chi connectivity index (χ0v) is 21.5. The molecule has 176 valence electrons. The van der Waals surface area contributed by atoms with Gasteiger partial charge in [-0.15, -0.1) is 0 Å². The van der Waals surface area contributed by atoms with Crippen LogP contribution in [0, 0.1) is 0 Å². The first-order valence-electron chi connectivity index (χ1n) is 11.4. The quantitative estimate of drug-likeness (QED) is 0.115. The number of carbonyl (C=O) groups is 3.